The van der Waals surface area contributed by atoms with Crippen LogP contribution in [-0.2, 0) is 9.59 Å². The maximum Gasteiger partial charge on any atom is 0.326 e. The van der Waals surface area contributed by atoms with Crippen molar-refractivity contribution in [3.8, 4) is 0 Å². The summed E-state index contributed by atoms with van der Waals surface area (Å²) in [7, 11) is 0. The van der Waals surface area contributed by atoms with Crippen molar-refractivity contribution in [3.05, 3.63) is 11.6 Å². The zero-order chi connectivity index (χ0) is 12.8. The number of carboxylic acids is 1. The van der Waals surface area contributed by atoms with Crippen LogP contribution in [0.1, 0.15) is 46.0 Å². The van der Waals surface area contributed by atoms with Gasteiger partial charge >= 0.3 is 5.97 Å². The van der Waals surface area contributed by atoms with Gasteiger partial charge in [0.05, 0.1) is 0 Å². The van der Waals surface area contributed by atoms with Gasteiger partial charge in [-0.2, -0.15) is 0 Å². The Morgan fingerprint density at radius 1 is 1.24 bits per heavy atom. The van der Waals surface area contributed by atoms with Crippen molar-refractivity contribution < 1.29 is 14.7 Å². The van der Waals surface area contributed by atoms with E-state index in [2.05, 4.69) is 5.32 Å². The van der Waals surface area contributed by atoms with Crippen LogP contribution in [0.4, 0.5) is 0 Å². The fourth-order valence-electron chi connectivity index (χ4n) is 2.31. The molecule has 0 heterocycles. The third kappa shape index (κ3) is 4.59. The van der Waals surface area contributed by atoms with Crippen molar-refractivity contribution in [2.45, 2.75) is 52.0 Å². The summed E-state index contributed by atoms with van der Waals surface area (Å²) in [4.78, 5) is 22.7. The Labute approximate surface area is 102 Å². The molecule has 4 heteroatoms. The lowest BCUT2D eigenvalue weighted by Crippen LogP contribution is -2.46. The first-order valence-electron chi connectivity index (χ1n) is 6.19. The Kier molecular flexibility index (Phi) is 5.19. The average molecular weight is 239 g/mol. The fourth-order valence-corrected chi connectivity index (χ4v) is 2.31. The van der Waals surface area contributed by atoms with E-state index in [0.717, 1.165) is 31.3 Å². The first-order chi connectivity index (χ1) is 8.00. The molecule has 1 aliphatic carbocycles. The van der Waals surface area contributed by atoms with E-state index in [-0.39, 0.29) is 11.8 Å². The number of amides is 1. The number of rotatable bonds is 4. The summed E-state index contributed by atoms with van der Waals surface area (Å²) in [5.41, 5.74) is 0.871. The fraction of sp³-hybridized carbons (Fsp3) is 0.692. The molecule has 0 radical (unpaired) electrons. The minimum atomic E-state index is -0.924. The van der Waals surface area contributed by atoms with Gasteiger partial charge < -0.3 is 10.4 Å². The van der Waals surface area contributed by atoms with Crippen LogP contribution in [0.5, 0.6) is 0 Å². The highest BCUT2D eigenvalue weighted by atomic mass is 16.4. The van der Waals surface area contributed by atoms with E-state index in [1.54, 1.807) is 0 Å². The maximum absolute atomic E-state index is 11.6. The molecule has 0 bridgehead atoms. The number of allylic oxidation sites excluding steroid dienone is 1. The molecule has 1 saturated carbocycles. The number of carbonyl (C=O) groups excluding carboxylic acids is 1. The van der Waals surface area contributed by atoms with Crippen molar-refractivity contribution in [2.24, 2.45) is 5.92 Å². The molecule has 0 aromatic carbocycles. The van der Waals surface area contributed by atoms with Gasteiger partial charge in [0.25, 0.3) is 0 Å². The van der Waals surface area contributed by atoms with Crippen LogP contribution in [0.25, 0.3) is 0 Å². The SMILES string of the molecule is CC(C)=CC(=O)NC(C(=O)O)C1CCCCC1. The second-order valence-corrected chi connectivity index (χ2v) is 4.94. The topological polar surface area (TPSA) is 66.4 Å². The number of nitrogens with one attached hydrogen (secondary N) is 1. The third-order valence-corrected chi connectivity index (χ3v) is 3.10. The molecule has 1 amide bonds. The van der Waals surface area contributed by atoms with Crippen molar-refractivity contribution in [1.82, 2.24) is 5.32 Å². The zero-order valence-electron chi connectivity index (χ0n) is 10.5. The van der Waals surface area contributed by atoms with Crippen LogP contribution < -0.4 is 5.32 Å². The molecule has 0 saturated heterocycles. The lowest BCUT2D eigenvalue weighted by molar-refractivity contribution is -0.143. The normalized spacial score (nSPS) is 18.2. The second-order valence-electron chi connectivity index (χ2n) is 4.94. The molecule has 17 heavy (non-hydrogen) atoms. The van der Waals surface area contributed by atoms with Crippen molar-refractivity contribution in [3.63, 3.8) is 0 Å². The summed E-state index contributed by atoms with van der Waals surface area (Å²) in [5, 5.41) is 11.8. The molecule has 4 nitrogen and oxygen atoms in total. The Balaban J connectivity index is 2.62. The van der Waals surface area contributed by atoms with Crippen LogP contribution in [0.15, 0.2) is 11.6 Å². The molecular weight excluding hydrogens is 218 g/mol. The zero-order valence-corrected chi connectivity index (χ0v) is 10.5. The van der Waals surface area contributed by atoms with Crippen LogP contribution in [-0.4, -0.2) is 23.0 Å². The molecule has 0 aliphatic heterocycles. The van der Waals surface area contributed by atoms with Crippen LogP contribution >= 0.6 is 0 Å². The molecular formula is C13H21NO3. The van der Waals surface area contributed by atoms with Gasteiger partial charge in [0, 0.05) is 6.08 Å². The third-order valence-electron chi connectivity index (χ3n) is 3.10. The highest BCUT2D eigenvalue weighted by Gasteiger charge is 2.30. The van der Waals surface area contributed by atoms with Gasteiger partial charge in [-0.25, -0.2) is 4.79 Å². The van der Waals surface area contributed by atoms with Gasteiger partial charge in [-0.15, -0.1) is 0 Å². The lowest BCUT2D eigenvalue weighted by Gasteiger charge is -2.27. The molecule has 0 aromatic rings. The van der Waals surface area contributed by atoms with E-state index in [0.29, 0.717) is 0 Å². The number of carboxylic acid groups (broad SMARTS) is 1. The minimum absolute atomic E-state index is 0.0794. The van der Waals surface area contributed by atoms with Gasteiger partial charge in [0.15, 0.2) is 0 Å². The molecule has 0 aromatic heterocycles. The van der Waals surface area contributed by atoms with Crippen LogP contribution in [0.3, 0.4) is 0 Å². The molecule has 1 rings (SSSR count). The predicted octanol–water partition coefficient (Wildman–Crippen LogP) is 2.10. The molecule has 0 spiro atoms. The summed E-state index contributed by atoms with van der Waals surface area (Å²) >= 11 is 0. The largest absolute Gasteiger partial charge is 0.480 e. The first kappa shape index (κ1) is 13.7. The number of hydrogen-bond donors (Lipinski definition) is 2. The monoisotopic (exact) mass is 239 g/mol. The Hall–Kier alpha value is -1.32. The number of hydrogen-bond acceptors (Lipinski definition) is 2. The molecule has 1 unspecified atom stereocenters. The molecule has 1 fully saturated rings. The summed E-state index contributed by atoms with van der Waals surface area (Å²) in [5.74, 6) is -1.15. The molecule has 1 atom stereocenters. The quantitative estimate of drug-likeness (QED) is 0.738. The first-order valence-corrected chi connectivity index (χ1v) is 6.19. The van der Waals surface area contributed by atoms with Crippen LogP contribution in [0, 0.1) is 5.92 Å². The van der Waals surface area contributed by atoms with Gasteiger partial charge in [-0.1, -0.05) is 24.8 Å². The Bertz CT molecular complexity index is 313. The van der Waals surface area contributed by atoms with Gasteiger partial charge in [0.1, 0.15) is 6.04 Å². The van der Waals surface area contributed by atoms with E-state index in [4.69, 9.17) is 0 Å². The van der Waals surface area contributed by atoms with Gasteiger partial charge in [-0.05, 0) is 32.6 Å². The summed E-state index contributed by atoms with van der Waals surface area (Å²) in [6.07, 6.45) is 6.53. The van der Waals surface area contributed by atoms with Gasteiger partial charge in [0.2, 0.25) is 5.91 Å². The summed E-state index contributed by atoms with van der Waals surface area (Å²) in [6, 6.07) is -0.738. The highest BCUT2D eigenvalue weighted by molar-refractivity contribution is 5.91. The summed E-state index contributed by atoms with van der Waals surface area (Å²) < 4.78 is 0. The standard InChI is InChI=1S/C13H21NO3/c1-9(2)8-11(15)14-12(13(16)17)10-6-4-3-5-7-10/h8,10,12H,3-7H2,1-2H3,(H,14,15)(H,16,17). The van der Waals surface area contributed by atoms with E-state index in [1.807, 2.05) is 13.8 Å². The Morgan fingerprint density at radius 2 is 1.82 bits per heavy atom. The Morgan fingerprint density at radius 3 is 2.29 bits per heavy atom. The number of carbonyl (C=O) groups is 2. The maximum atomic E-state index is 11.6. The van der Waals surface area contributed by atoms with E-state index >= 15 is 0 Å². The van der Waals surface area contributed by atoms with Crippen molar-refractivity contribution in [1.29, 1.82) is 0 Å². The van der Waals surface area contributed by atoms with E-state index < -0.39 is 12.0 Å². The van der Waals surface area contributed by atoms with Crippen molar-refractivity contribution in [2.75, 3.05) is 0 Å². The average Bonchev–Trinajstić information content (AvgIpc) is 2.25. The summed E-state index contributed by atoms with van der Waals surface area (Å²) in [6.45, 7) is 3.63. The number of aliphatic carboxylic acids is 1. The van der Waals surface area contributed by atoms with E-state index in [1.165, 1.54) is 12.5 Å². The minimum Gasteiger partial charge on any atom is -0.480 e. The van der Waals surface area contributed by atoms with Crippen LogP contribution in [0.2, 0.25) is 0 Å². The lowest BCUT2D eigenvalue weighted by atomic mass is 9.84. The smallest absolute Gasteiger partial charge is 0.326 e. The second kappa shape index (κ2) is 6.42. The predicted molar refractivity (Wildman–Crippen MR) is 65.6 cm³/mol. The van der Waals surface area contributed by atoms with E-state index in [9.17, 15) is 14.7 Å². The molecule has 2 N–H and O–H groups in total. The van der Waals surface area contributed by atoms with Gasteiger partial charge in [-0.3, -0.25) is 4.79 Å². The molecule has 96 valence electrons. The van der Waals surface area contributed by atoms with Crippen molar-refractivity contribution >= 4 is 11.9 Å². The highest BCUT2D eigenvalue weighted by Crippen LogP contribution is 2.26. The molecule has 1 aliphatic rings.